The zero-order valence-corrected chi connectivity index (χ0v) is 75.2. The van der Waals surface area contributed by atoms with Crippen molar-refractivity contribution < 1.29 is 80.2 Å². The topological polar surface area (TPSA) is 237 Å². The van der Waals surface area contributed by atoms with Gasteiger partial charge in [0.05, 0.1) is 26.4 Å². The van der Waals surface area contributed by atoms with Gasteiger partial charge in [-0.3, -0.25) is 37.3 Å². The van der Waals surface area contributed by atoms with Crippen molar-refractivity contribution in [2.75, 3.05) is 39.6 Å². The fourth-order valence-corrected chi connectivity index (χ4v) is 16.0. The molecule has 0 bridgehead atoms. The second-order valence-electron chi connectivity index (χ2n) is 34.5. The molecule has 0 aliphatic rings. The summed E-state index contributed by atoms with van der Waals surface area (Å²) in [7, 11) is -9.94. The number of hydrogen-bond acceptors (Lipinski definition) is 15. The summed E-state index contributed by atoms with van der Waals surface area (Å²) in [5.41, 5.74) is 0. The fourth-order valence-electron chi connectivity index (χ4n) is 14.4. The third-order valence-electron chi connectivity index (χ3n) is 21.6. The average molecular weight is 1620 g/mol. The summed E-state index contributed by atoms with van der Waals surface area (Å²) in [6.07, 6.45) is 75.3. The van der Waals surface area contributed by atoms with Crippen LogP contribution in [0.25, 0.3) is 0 Å². The molecule has 5 atom stereocenters. The molecule has 17 nitrogen and oxygen atoms in total. The molecule has 0 amide bonds. The summed E-state index contributed by atoms with van der Waals surface area (Å²) < 4.78 is 69.1. The van der Waals surface area contributed by atoms with Gasteiger partial charge in [0.15, 0.2) is 12.2 Å². The Hall–Kier alpha value is -1.94. The largest absolute Gasteiger partial charge is 0.472 e. The van der Waals surface area contributed by atoms with Gasteiger partial charge in [-0.2, -0.15) is 0 Å². The standard InChI is InChI=1S/C92H180O17P2/c1-8-9-10-11-12-13-14-15-16-17-18-26-31-36-41-46-53-61-69-76-92(97)109-88(80-103-90(95)74-67-60-55-48-51-58-65-72-85(6)7)82-107-111(100,101)105-78-86(93)77-104-110(98,99)106-81-87(108-91(96)75-68-62-54-47-42-37-32-27-22-20-24-29-34-39-44-50-57-64-71-84(4)5)79-102-89(94)73-66-59-52-45-40-35-30-25-21-19-23-28-33-38-43-49-56-63-70-83(2)3/h83-88,93H,8-82H2,1-7H3,(H,98,99)(H,100,101)/t86-,87-,88-/m1/s1. The third kappa shape index (κ3) is 85.8. The average Bonchev–Trinajstić information content (AvgIpc) is 0.898. The molecule has 660 valence electrons. The Labute approximate surface area is 683 Å². The highest BCUT2D eigenvalue weighted by atomic mass is 31.2. The number of phosphoric ester groups is 2. The summed E-state index contributed by atoms with van der Waals surface area (Å²) in [5, 5.41) is 10.7. The number of unbranched alkanes of at least 4 members (excludes halogenated alkanes) is 58. The molecule has 19 heteroatoms. The quantitative estimate of drug-likeness (QED) is 0.0222. The van der Waals surface area contributed by atoms with Gasteiger partial charge >= 0.3 is 39.5 Å². The molecule has 0 aliphatic carbocycles. The van der Waals surface area contributed by atoms with E-state index in [4.69, 9.17) is 37.0 Å². The molecule has 111 heavy (non-hydrogen) atoms. The van der Waals surface area contributed by atoms with Crippen LogP contribution in [-0.2, 0) is 65.4 Å². The first kappa shape index (κ1) is 109. The van der Waals surface area contributed by atoms with E-state index in [-0.39, 0.29) is 25.7 Å². The zero-order valence-electron chi connectivity index (χ0n) is 73.4. The summed E-state index contributed by atoms with van der Waals surface area (Å²) in [5.74, 6) is 0.250. The van der Waals surface area contributed by atoms with E-state index in [2.05, 4.69) is 48.5 Å². The molecule has 3 N–H and O–H groups in total. The van der Waals surface area contributed by atoms with Gasteiger partial charge in [-0.05, 0) is 43.4 Å². The van der Waals surface area contributed by atoms with Gasteiger partial charge in [0, 0.05) is 25.7 Å². The summed E-state index contributed by atoms with van der Waals surface area (Å²) in [6, 6.07) is 0. The van der Waals surface area contributed by atoms with E-state index in [9.17, 15) is 43.2 Å². The number of carbonyl (C=O) groups is 4. The maximum Gasteiger partial charge on any atom is 0.472 e. The maximum atomic E-state index is 13.2. The van der Waals surface area contributed by atoms with Crippen molar-refractivity contribution in [3.63, 3.8) is 0 Å². The molecule has 0 fully saturated rings. The molecule has 0 aliphatic heterocycles. The van der Waals surface area contributed by atoms with E-state index in [1.54, 1.807) is 0 Å². The first-order valence-electron chi connectivity index (χ1n) is 47.3. The van der Waals surface area contributed by atoms with Crippen LogP contribution in [0.2, 0.25) is 0 Å². The Morgan fingerprint density at radius 2 is 0.414 bits per heavy atom. The van der Waals surface area contributed by atoms with Crippen LogP contribution in [0.15, 0.2) is 0 Å². The van der Waals surface area contributed by atoms with E-state index >= 15 is 0 Å². The predicted octanol–water partition coefficient (Wildman–Crippen LogP) is 28.4. The van der Waals surface area contributed by atoms with Gasteiger partial charge in [0.1, 0.15) is 19.3 Å². The molecule has 0 rings (SSSR count). The van der Waals surface area contributed by atoms with Gasteiger partial charge in [-0.1, -0.05) is 440 Å². The van der Waals surface area contributed by atoms with Gasteiger partial charge in [0.2, 0.25) is 0 Å². The molecule has 0 aromatic rings. The van der Waals surface area contributed by atoms with E-state index in [0.717, 1.165) is 108 Å². The molecule has 0 radical (unpaired) electrons. The number of aliphatic hydroxyl groups excluding tert-OH is 1. The van der Waals surface area contributed by atoms with Crippen molar-refractivity contribution in [3.8, 4) is 0 Å². The highest BCUT2D eigenvalue weighted by Gasteiger charge is 2.31. The van der Waals surface area contributed by atoms with Gasteiger partial charge in [-0.15, -0.1) is 0 Å². The predicted molar refractivity (Wildman–Crippen MR) is 460 cm³/mol. The van der Waals surface area contributed by atoms with Crippen LogP contribution in [0.4, 0.5) is 0 Å². The Morgan fingerprint density at radius 1 is 0.243 bits per heavy atom. The lowest BCUT2D eigenvalue weighted by Crippen LogP contribution is -2.30. The number of ether oxygens (including phenoxy) is 4. The minimum atomic E-state index is -4.97. The maximum absolute atomic E-state index is 13.2. The van der Waals surface area contributed by atoms with Gasteiger partial charge < -0.3 is 33.8 Å². The third-order valence-corrected chi connectivity index (χ3v) is 23.5. The molecular weight excluding hydrogens is 1440 g/mol. The van der Waals surface area contributed by atoms with Crippen molar-refractivity contribution in [1.29, 1.82) is 0 Å². The zero-order chi connectivity index (χ0) is 81.5. The van der Waals surface area contributed by atoms with Crippen LogP contribution in [0.5, 0.6) is 0 Å². The van der Waals surface area contributed by atoms with E-state index in [1.807, 2.05) is 0 Å². The monoisotopic (exact) mass is 1620 g/mol. The smallest absolute Gasteiger partial charge is 0.462 e. The first-order valence-corrected chi connectivity index (χ1v) is 50.3. The lowest BCUT2D eigenvalue weighted by molar-refractivity contribution is -0.161. The normalized spacial score (nSPS) is 13.8. The fraction of sp³-hybridized carbons (Fsp3) is 0.957. The SMILES string of the molecule is CCCCCCCCCCCCCCCCCCCCCC(=O)O[C@H](COC(=O)CCCCCCCCCC(C)C)COP(=O)(O)OC[C@H](O)COP(=O)(O)OC[C@@H](COC(=O)CCCCCCCCCCCCCCCCCCCCC(C)C)OC(=O)CCCCCCCCCCCCCCCCCCCCC(C)C. The lowest BCUT2D eigenvalue weighted by Gasteiger charge is -2.21. The number of rotatable bonds is 90. The molecule has 0 aromatic heterocycles. The molecule has 2 unspecified atom stereocenters. The first-order chi connectivity index (χ1) is 53.7. The molecule has 0 saturated carbocycles. The number of phosphoric acid groups is 2. The van der Waals surface area contributed by atoms with E-state index < -0.39 is 97.5 Å². The Balaban J connectivity index is 5.21. The van der Waals surface area contributed by atoms with Crippen LogP contribution in [0, 0.1) is 17.8 Å². The second-order valence-corrected chi connectivity index (χ2v) is 37.4. The Morgan fingerprint density at radius 3 is 0.613 bits per heavy atom. The minimum Gasteiger partial charge on any atom is -0.462 e. The van der Waals surface area contributed by atoms with Crippen LogP contribution in [0.1, 0.15) is 492 Å². The highest BCUT2D eigenvalue weighted by molar-refractivity contribution is 7.47. The number of carbonyl (C=O) groups excluding carboxylic acids is 4. The van der Waals surface area contributed by atoms with E-state index in [1.165, 1.54) is 295 Å². The second kappa shape index (κ2) is 81.8. The van der Waals surface area contributed by atoms with Crippen LogP contribution in [0.3, 0.4) is 0 Å². The van der Waals surface area contributed by atoms with Gasteiger partial charge in [-0.25, -0.2) is 9.13 Å². The minimum absolute atomic E-state index is 0.108. The highest BCUT2D eigenvalue weighted by Crippen LogP contribution is 2.45. The van der Waals surface area contributed by atoms with Crippen molar-refractivity contribution >= 4 is 39.5 Å². The molecule has 0 aromatic carbocycles. The lowest BCUT2D eigenvalue weighted by atomic mass is 10.0. The van der Waals surface area contributed by atoms with Crippen molar-refractivity contribution in [3.05, 3.63) is 0 Å². The van der Waals surface area contributed by atoms with Crippen molar-refractivity contribution in [2.24, 2.45) is 17.8 Å². The van der Waals surface area contributed by atoms with Crippen LogP contribution in [-0.4, -0.2) is 96.7 Å². The van der Waals surface area contributed by atoms with Gasteiger partial charge in [0.25, 0.3) is 0 Å². The summed E-state index contributed by atoms with van der Waals surface area (Å²) >= 11 is 0. The number of aliphatic hydroxyl groups is 1. The molecular formula is C92H180O17P2. The number of esters is 4. The van der Waals surface area contributed by atoms with Crippen LogP contribution >= 0.6 is 15.6 Å². The Bertz CT molecular complexity index is 2130. The number of hydrogen-bond donors (Lipinski definition) is 3. The summed E-state index contributed by atoms with van der Waals surface area (Å²) in [4.78, 5) is 73.4. The molecule has 0 heterocycles. The summed E-state index contributed by atoms with van der Waals surface area (Å²) in [6.45, 7) is 12.0. The molecule has 0 spiro atoms. The van der Waals surface area contributed by atoms with Crippen LogP contribution < -0.4 is 0 Å². The Kier molecular flexibility index (Phi) is 80.4. The molecule has 0 saturated heterocycles. The van der Waals surface area contributed by atoms with Crippen molar-refractivity contribution in [2.45, 2.75) is 510 Å². The van der Waals surface area contributed by atoms with E-state index in [0.29, 0.717) is 31.6 Å². The van der Waals surface area contributed by atoms with Crippen molar-refractivity contribution in [1.82, 2.24) is 0 Å².